The SMILES string of the molecule is CCOC(=O)N1CCC(NC(=NC)NCCCCN2CCC(C)CC2)CC1.I. The number of nitrogens with zero attached hydrogens (tertiary/aromatic N) is 3. The van der Waals surface area contributed by atoms with Gasteiger partial charge in [-0.2, -0.15) is 0 Å². The molecule has 0 aromatic carbocycles. The molecule has 0 bridgehead atoms. The third-order valence-electron chi connectivity index (χ3n) is 5.66. The number of rotatable bonds is 7. The molecule has 164 valence electrons. The second-order valence-electron chi connectivity index (χ2n) is 7.83. The summed E-state index contributed by atoms with van der Waals surface area (Å²) in [6.07, 6.45) is 6.75. The predicted octanol–water partition coefficient (Wildman–Crippen LogP) is 2.90. The van der Waals surface area contributed by atoms with E-state index in [0.717, 1.165) is 50.8 Å². The smallest absolute Gasteiger partial charge is 0.409 e. The lowest BCUT2D eigenvalue weighted by Crippen LogP contribution is -2.50. The average molecular weight is 509 g/mol. The highest BCUT2D eigenvalue weighted by Gasteiger charge is 2.24. The topological polar surface area (TPSA) is 69.2 Å². The lowest BCUT2D eigenvalue weighted by atomic mass is 9.99. The van der Waals surface area contributed by atoms with Crippen molar-refractivity contribution < 1.29 is 9.53 Å². The largest absolute Gasteiger partial charge is 0.450 e. The number of hydrogen-bond donors (Lipinski definition) is 2. The second kappa shape index (κ2) is 14.3. The zero-order valence-electron chi connectivity index (χ0n) is 17.9. The van der Waals surface area contributed by atoms with Crippen molar-refractivity contribution in [3.8, 4) is 0 Å². The fraction of sp³-hybridized carbons (Fsp3) is 0.900. The van der Waals surface area contributed by atoms with Crippen LogP contribution in [0.2, 0.25) is 0 Å². The van der Waals surface area contributed by atoms with Crippen LogP contribution in [0, 0.1) is 5.92 Å². The highest BCUT2D eigenvalue weighted by atomic mass is 127. The fourth-order valence-electron chi connectivity index (χ4n) is 3.76. The molecule has 7 nitrogen and oxygen atoms in total. The number of carbonyl (C=O) groups is 1. The molecule has 2 rings (SSSR count). The van der Waals surface area contributed by atoms with Gasteiger partial charge in [0, 0.05) is 32.7 Å². The number of guanidine groups is 1. The zero-order chi connectivity index (χ0) is 19.5. The molecule has 0 atom stereocenters. The van der Waals surface area contributed by atoms with Crippen molar-refractivity contribution in [2.24, 2.45) is 10.9 Å². The summed E-state index contributed by atoms with van der Waals surface area (Å²) in [6.45, 7) is 10.8. The van der Waals surface area contributed by atoms with Crippen molar-refractivity contribution in [2.75, 3.05) is 52.9 Å². The quantitative estimate of drug-likeness (QED) is 0.239. The summed E-state index contributed by atoms with van der Waals surface area (Å²) in [5.74, 6) is 1.78. The molecule has 0 aliphatic carbocycles. The van der Waals surface area contributed by atoms with E-state index in [-0.39, 0.29) is 30.1 Å². The maximum absolute atomic E-state index is 11.8. The van der Waals surface area contributed by atoms with Crippen molar-refractivity contribution in [1.82, 2.24) is 20.4 Å². The Labute approximate surface area is 188 Å². The van der Waals surface area contributed by atoms with Crippen LogP contribution in [0.3, 0.4) is 0 Å². The van der Waals surface area contributed by atoms with Gasteiger partial charge >= 0.3 is 6.09 Å². The van der Waals surface area contributed by atoms with Gasteiger partial charge in [0.1, 0.15) is 0 Å². The number of aliphatic imine (C=N–C) groups is 1. The first-order valence-corrected chi connectivity index (χ1v) is 10.7. The van der Waals surface area contributed by atoms with Crippen LogP contribution in [0.4, 0.5) is 4.79 Å². The van der Waals surface area contributed by atoms with Crippen LogP contribution < -0.4 is 10.6 Å². The fourth-order valence-corrected chi connectivity index (χ4v) is 3.76. The molecule has 1 amide bonds. The number of likely N-dealkylation sites (tertiary alicyclic amines) is 2. The third-order valence-corrected chi connectivity index (χ3v) is 5.66. The number of unbranched alkanes of at least 4 members (excludes halogenated alkanes) is 1. The van der Waals surface area contributed by atoms with Crippen molar-refractivity contribution >= 4 is 36.0 Å². The number of amides is 1. The Hall–Kier alpha value is -0.770. The van der Waals surface area contributed by atoms with Gasteiger partial charge in [-0.25, -0.2) is 4.79 Å². The molecule has 2 aliphatic rings. The summed E-state index contributed by atoms with van der Waals surface area (Å²) in [5, 5.41) is 6.92. The van der Waals surface area contributed by atoms with Gasteiger partial charge in [-0.05, 0) is 71.0 Å². The van der Waals surface area contributed by atoms with E-state index in [9.17, 15) is 4.79 Å². The summed E-state index contributed by atoms with van der Waals surface area (Å²) in [7, 11) is 1.82. The molecule has 0 radical (unpaired) electrons. The van der Waals surface area contributed by atoms with Gasteiger partial charge in [-0.3, -0.25) is 4.99 Å². The number of hydrogen-bond acceptors (Lipinski definition) is 4. The van der Waals surface area contributed by atoms with Crippen LogP contribution in [-0.4, -0.2) is 80.8 Å². The van der Waals surface area contributed by atoms with Crippen molar-refractivity contribution in [3.05, 3.63) is 0 Å². The van der Waals surface area contributed by atoms with E-state index >= 15 is 0 Å². The first kappa shape index (κ1) is 25.3. The molecule has 8 heteroatoms. The minimum atomic E-state index is -0.193. The first-order valence-electron chi connectivity index (χ1n) is 10.7. The molecular weight excluding hydrogens is 469 g/mol. The summed E-state index contributed by atoms with van der Waals surface area (Å²) >= 11 is 0. The average Bonchev–Trinajstić information content (AvgIpc) is 2.69. The molecule has 0 spiro atoms. The maximum Gasteiger partial charge on any atom is 0.409 e. The van der Waals surface area contributed by atoms with Crippen LogP contribution in [0.1, 0.15) is 52.4 Å². The highest BCUT2D eigenvalue weighted by Crippen LogP contribution is 2.16. The molecule has 0 saturated carbocycles. The van der Waals surface area contributed by atoms with E-state index in [1.165, 1.54) is 38.9 Å². The number of ether oxygens (including phenoxy) is 1. The lowest BCUT2D eigenvalue weighted by molar-refractivity contribution is 0.0963. The van der Waals surface area contributed by atoms with E-state index in [0.29, 0.717) is 12.6 Å². The Morgan fingerprint density at radius 3 is 2.39 bits per heavy atom. The van der Waals surface area contributed by atoms with Gasteiger partial charge in [-0.1, -0.05) is 6.92 Å². The van der Waals surface area contributed by atoms with Crippen molar-refractivity contribution in [1.29, 1.82) is 0 Å². The Morgan fingerprint density at radius 2 is 1.79 bits per heavy atom. The molecular formula is C20H40IN5O2. The van der Waals surface area contributed by atoms with Crippen LogP contribution in [0.15, 0.2) is 4.99 Å². The Bertz CT molecular complexity index is 462. The van der Waals surface area contributed by atoms with Gasteiger partial charge in [-0.15, -0.1) is 24.0 Å². The molecule has 2 N–H and O–H groups in total. The standard InChI is InChI=1S/C20H39N5O2.HI/c1-4-27-20(26)25-15-9-18(10-16-25)23-19(21-3)22-11-5-6-12-24-13-7-17(2)8-14-24;/h17-18H,4-16H2,1-3H3,(H2,21,22,23);1H. The lowest BCUT2D eigenvalue weighted by Gasteiger charge is -2.32. The monoisotopic (exact) mass is 509 g/mol. The molecule has 28 heavy (non-hydrogen) atoms. The van der Waals surface area contributed by atoms with Crippen LogP contribution >= 0.6 is 24.0 Å². The minimum absolute atomic E-state index is 0. The highest BCUT2D eigenvalue weighted by molar-refractivity contribution is 14.0. The van der Waals surface area contributed by atoms with Gasteiger partial charge < -0.3 is 25.2 Å². The Kier molecular flexibility index (Phi) is 12.9. The molecule has 0 unspecified atom stereocenters. The normalized spacial score (nSPS) is 19.8. The van der Waals surface area contributed by atoms with Crippen molar-refractivity contribution in [2.45, 2.75) is 58.4 Å². The van der Waals surface area contributed by atoms with Crippen molar-refractivity contribution in [3.63, 3.8) is 0 Å². The third kappa shape index (κ3) is 9.15. The van der Waals surface area contributed by atoms with E-state index in [1.807, 2.05) is 14.0 Å². The Balaban J connectivity index is 0.00000392. The summed E-state index contributed by atoms with van der Waals surface area (Å²) in [4.78, 5) is 20.5. The number of nitrogens with one attached hydrogen (secondary N) is 2. The molecule has 0 aromatic rings. The maximum atomic E-state index is 11.8. The van der Waals surface area contributed by atoms with Gasteiger partial charge in [0.25, 0.3) is 0 Å². The van der Waals surface area contributed by atoms with E-state index in [4.69, 9.17) is 4.74 Å². The molecule has 2 aliphatic heterocycles. The van der Waals surface area contributed by atoms with Crippen LogP contribution in [0.25, 0.3) is 0 Å². The summed E-state index contributed by atoms with van der Waals surface area (Å²) in [6, 6.07) is 0.359. The zero-order valence-corrected chi connectivity index (χ0v) is 20.2. The molecule has 2 fully saturated rings. The Morgan fingerprint density at radius 1 is 1.11 bits per heavy atom. The second-order valence-corrected chi connectivity index (χ2v) is 7.83. The number of carbonyl (C=O) groups excluding carboxylic acids is 1. The van der Waals surface area contributed by atoms with Gasteiger partial charge in [0.15, 0.2) is 5.96 Å². The summed E-state index contributed by atoms with van der Waals surface area (Å²) < 4.78 is 5.07. The number of halogens is 1. The van der Waals surface area contributed by atoms with Gasteiger partial charge in [0.2, 0.25) is 0 Å². The molecule has 2 saturated heterocycles. The first-order chi connectivity index (χ1) is 13.1. The molecule has 2 heterocycles. The predicted molar refractivity (Wildman–Crippen MR) is 126 cm³/mol. The van der Waals surface area contributed by atoms with Gasteiger partial charge in [0.05, 0.1) is 6.61 Å². The van der Waals surface area contributed by atoms with E-state index in [1.54, 1.807) is 4.90 Å². The number of piperidine rings is 2. The van der Waals surface area contributed by atoms with E-state index in [2.05, 4.69) is 27.4 Å². The molecule has 0 aromatic heterocycles. The summed E-state index contributed by atoms with van der Waals surface area (Å²) in [5.41, 5.74) is 0. The minimum Gasteiger partial charge on any atom is -0.450 e. The van der Waals surface area contributed by atoms with Crippen LogP contribution in [0.5, 0.6) is 0 Å². The van der Waals surface area contributed by atoms with E-state index < -0.39 is 0 Å². The van der Waals surface area contributed by atoms with Crippen LogP contribution in [-0.2, 0) is 4.74 Å².